The number of nitro groups is 1. The van der Waals surface area contributed by atoms with Gasteiger partial charge < -0.3 is 10.1 Å². The molecule has 0 radical (unpaired) electrons. The highest BCUT2D eigenvalue weighted by Gasteiger charge is 2.13. The number of aryl methyl sites for hydroxylation is 1. The fourth-order valence-corrected chi connectivity index (χ4v) is 2.69. The fraction of sp³-hybridized carbons (Fsp3) is 0.368. The van der Waals surface area contributed by atoms with Crippen LogP contribution in [0.4, 0.5) is 0 Å². The number of benzene rings is 2. The maximum atomic E-state index is 10.9. The Hall–Kier alpha value is -2.40. The summed E-state index contributed by atoms with van der Waals surface area (Å²) in [6.07, 6.45) is 0.902. The number of hydrogen-bond acceptors (Lipinski definition) is 4. The Morgan fingerprint density at radius 2 is 1.83 bits per heavy atom. The summed E-state index contributed by atoms with van der Waals surface area (Å²) in [7, 11) is 1.66. The van der Waals surface area contributed by atoms with Gasteiger partial charge in [0, 0.05) is 17.0 Å². The number of hydrogen-bond donors (Lipinski definition) is 1. The first-order valence-electron chi connectivity index (χ1n) is 8.04. The Morgan fingerprint density at radius 1 is 1.12 bits per heavy atom. The molecule has 2 aromatic carbocycles. The van der Waals surface area contributed by atoms with Crippen molar-refractivity contribution in [1.82, 2.24) is 5.32 Å². The molecule has 0 saturated carbocycles. The van der Waals surface area contributed by atoms with Gasteiger partial charge in [0.05, 0.1) is 7.11 Å². The summed E-state index contributed by atoms with van der Waals surface area (Å²) in [6.45, 7) is 5.27. The van der Waals surface area contributed by atoms with Gasteiger partial charge in [-0.15, -0.1) is 0 Å². The third-order valence-corrected chi connectivity index (χ3v) is 4.32. The number of nitrogens with zero attached hydrogens (tertiary/aromatic N) is 1. The van der Waals surface area contributed by atoms with E-state index in [1.54, 1.807) is 7.11 Å². The second kappa shape index (κ2) is 8.45. The molecule has 0 bridgehead atoms. The predicted molar refractivity (Wildman–Crippen MR) is 95.0 cm³/mol. The third kappa shape index (κ3) is 4.80. The highest BCUT2D eigenvalue weighted by atomic mass is 16.6. The first-order chi connectivity index (χ1) is 11.5. The van der Waals surface area contributed by atoms with Crippen molar-refractivity contribution in [3.63, 3.8) is 0 Å². The van der Waals surface area contributed by atoms with Crippen LogP contribution in [-0.4, -0.2) is 18.6 Å². The molecular formula is C19H24N2O3. The van der Waals surface area contributed by atoms with E-state index in [0.29, 0.717) is 6.54 Å². The quantitative estimate of drug-likeness (QED) is 0.458. The van der Waals surface area contributed by atoms with Crippen LogP contribution in [0.2, 0.25) is 0 Å². The van der Waals surface area contributed by atoms with Crippen molar-refractivity contribution in [2.45, 2.75) is 33.4 Å². The Bertz CT molecular complexity index is 697. The van der Waals surface area contributed by atoms with Gasteiger partial charge in [-0.25, -0.2) is 0 Å². The minimum Gasteiger partial charge on any atom is -0.497 e. The maximum Gasteiger partial charge on any atom is 0.229 e. The molecule has 1 N–H and O–H groups in total. The molecule has 0 fully saturated rings. The minimum atomic E-state index is -0.261. The third-order valence-electron chi connectivity index (χ3n) is 4.32. The SMILES string of the molecule is COc1ccc(CCNCc2ccc(C)c(C)c2C[N+](=O)[O-])cc1. The molecule has 128 valence electrons. The van der Waals surface area contributed by atoms with Gasteiger partial charge in [-0.1, -0.05) is 24.3 Å². The molecule has 2 rings (SSSR count). The van der Waals surface area contributed by atoms with E-state index in [0.717, 1.165) is 41.0 Å². The smallest absolute Gasteiger partial charge is 0.229 e. The van der Waals surface area contributed by atoms with E-state index in [4.69, 9.17) is 4.74 Å². The molecule has 0 heterocycles. The normalized spacial score (nSPS) is 10.6. The van der Waals surface area contributed by atoms with Crippen molar-refractivity contribution in [3.8, 4) is 5.75 Å². The monoisotopic (exact) mass is 328 g/mol. The standard InChI is InChI=1S/C19H24N2O3/c1-14-4-7-17(19(15(14)2)13-21(22)23)12-20-11-10-16-5-8-18(24-3)9-6-16/h4-9,20H,10-13H2,1-3H3. The zero-order valence-electron chi connectivity index (χ0n) is 14.5. The summed E-state index contributed by atoms with van der Waals surface area (Å²) in [5.74, 6) is 0.853. The fourth-order valence-electron chi connectivity index (χ4n) is 2.69. The summed E-state index contributed by atoms with van der Waals surface area (Å²) < 4.78 is 5.15. The molecule has 0 spiro atoms. The van der Waals surface area contributed by atoms with Crippen LogP contribution in [0.3, 0.4) is 0 Å². The first-order valence-corrected chi connectivity index (χ1v) is 8.04. The Labute approximate surface area is 142 Å². The largest absolute Gasteiger partial charge is 0.497 e. The maximum absolute atomic E-state index is 10.9. The van der Waals surface area contributed by atoms with E-state index in [1.807, 2.05) is 38.1 Å². The van der Waals surface area contributed by atoms with Crippen LogP contribution in [-0.2, 0) is 19.5 Å². The van der Waals surface area contributed by atoms with Crippen LogP contribution in [0.5, 0.6) is 5.75 Å². The van der Waals surface area contributed by atoms with E-state index in [9.17, 15) is 10.1 Å². The van der Waals surface area contributed by atoms with Crippen molar-refractivity contribution in [2.75, 3.05) is 13.7 Å². The Morgan fingerprint density at radius 3 is 2.46 bits per heavy atom. The van der Waals surface area contributed by atoms with Crippen LogP contribution >= 0.6 is 0 Å². The molecule has 0 aromatic heterocycles. The number of nitrogens with one attached hydrogen (secondary N) is 1. The van der Waals surface area contributed by atoms with Gasteiger partial charge in [-0.2, -0.15) is 0 Å². The molecule has 0 aliphatic carbocycles. The second-order valence-electron chi connectivity index (χ2n) is 5.91. The van der Waals surface area contributed by atoms with Crippen molar-refractivity contribution in [3.05, 3.63) is 74.3 Å². The molecule has 0 atom stereocenters. The van der Waals surface area contributed by atoms with E-state index >= 15 is 0 Å². The number of methoxy groups -OCH3 is 1. The average Bonchev–Trinajstić information content (AvgIpc) is 2.57. The summed E-state index contributed by atoms with van der Waals surface area (Å²) in [5.41, 5.74) is 5.17. The minimum absolute atomic E-state index is 0.122. The van der Waals surface area contributed by atoms with Crippen LogP contribution in [0, 0.1) is 24.0 Å². The molecule has 24 heavy (non-hydrogen) atoms. The molecule has 0 aliphatic heterocycles. The van der Waals surface area contributed by atoms with E-state index < -0.39 is 0 Å². The highest BCUT2D eigenvalue weighted by Crippen LogP contribution is 2.19. The molecule has 5 nitrogen and oxygen atoms in total. The molecule has 0 amide bonds. The van der Waals surface area contributed by atoms with Crippen LogP contribution in [0.1, 0.15) is 27.8 Å². The summed E-state index contributed by atoms with van der Waals surface area (Å²) in [6, 6.07) is 12.0. The summed E-state index contributed by atoms with van der Waals surface area (Å²) in [4.78, 5) is 10.7. The van der Waals surface area contributed by atoms with Crippen LogP contribution < -0.4 is 10.1 Å². The van der Waals surface area contributed by atoms with Gasteiger partial charge in [-0.3, -0.25) is 10.1 Å². The van der Waals surface area contributed by atoms with Crippen LogP contribution in [0.15, 0.2) is 36.4 Å². The molecule has 0 aliphatic rings. The lowest BCUT2D eigenvalue weighted by atomic mass is 9.97. The highest BCUT2D eigenvalue weighted by molar-refractivity contribution is 5.39. The van der Waals surface area contributed by atoms with Crippen molar-refractivity contribution < 1.29 is 9.66 Å². The topological polar surface area (TPSA) is 64.4 Å². The molecule has 2 aromatic rings. The lowest BCUT2D eigenvalue weighted by molar-refractivity contribution is -0.497. The summed E-state index contributed by atoms with van der Waals surface area (Å²) in [5, 5.41) is 14.3. The lowest BCUT2D eigenvalue weighted by Gasteiger charge is -2.13. The predicted octanol–water partition coefficient (Wildman–Crippen LogP) is 3.42. The van der Waals surface area contributed by atoms with Crippen molar-refractivity contribution in [1.29, 1.82) is 0 Å². The molecule has 5 heteroatoms. The van der Waals surface area contributed by atoms with E-state index in [1.165, 1.54) is 5.56 Å². The van der Waals surface area contributed by atoms with Gasteiger partial charge in [0.15, 0.2) is 0 Å². The first kappa shape index (κ1) is 17.9. The van der Waals surface area contributed by atoms with Crippen LogP contribution in [0.25, 0.3) is 0 Å². The van der Waals surface area contributed by atoms with E-state index in [-0.39, 0.29) is 11.5 Å². The Balaban J connectivity index is 1.93. The number of rotatable bonds is 8. The summed E-state index contributed by atoms with van der Waals surface area (Å²) >= 11 is 0. The van der Waals surface area contributed by atoms with E-state index in [2.05, 4.69) is 17.4 Å². The zero-order chi connectivity index (χ0) is 17.5. The van der Waals surface area contributed by atoms with Gasteiger partial charge >= 0.3 is 0 Å². The average molecular weight is 328 g/mol. The van der Waals surface area contributed by atoms with Gasteiger partial charge in [0.25, 0.3) is 0 Å². The van der Waals surface area contributed by atoms with Crippen molar-refractivity contribution in [2.24, 2.45) is 0 Å². The number of ether oxygens (including phenoxy) is 1. The van der Waals surface area contributed by atoms with Gasteiger partial charge in [0.1, 0.15) is 5.75 Å². The second-order valence-corrected chi connectivity index (χ2v) is 5.91. The van der Waals surface area contributed by atoms with Gasteiger partial charge in [-0.05, 0) is 61.2 Å². The Kier molecular flexibility index (Phi) is 6.32. The molecule has 0 unspecified atom stereocenters. The molecule has 0 saturated heterocycles. The zero-order valence-corrected chi connectivity index (χ0v) is 14.5. The lowest BCUT2D eigenvalue weighted by Crippen LogP contribution is -2.19. The van der Waals surface area contributed by atoms with Gasteiger partial charge in [0.2, 0.25) is 6.54 Å². The molecular weight excluding hydrogens is 304 g/mol. The van der Waals surface area contributed by atoms with Crippen molar-refractivity contribution >= 4 is 0 Å².